The molecular weight excluding hydrogens is 394 g/mol. The van der Waals surface area contributed by atoms with E-state index in [0.717, 1.165) is 36.0 Å². The summed E-state index contributed by atoms with van der Waals surface area (Å²) in [5, 5.41) is 10.5. The Kier molecular flexibility index (Phi) is 6.75. The number of fused-ring (bicyclic) bond motifs is 5. The number of rotatable bonds is 6. The fourth-order valence-corrected chi connectivity index (χ4v) is 9.09. The molecule has 0 spiro atoms. The van der Waals surface area contributed by atoms with E-state index in [4.69, 9.17) is 16.5 Å². The van der Waals surface area contributed by atoms with Gasteiger partial charge in [-0.1, -0.05) is 65.5 Å². The molecule has 182 valence electrons. The molecule has 0 saturated heterocycles. The lowest BCUT2D eigenvalue weighted by Gasteiger charge is -2.59. The topological polar surface area (TPSA) is 84.6 Å². The zero-order valence-corrected chi connectivity index (χ0v) is 21.3. The molecule has 1 unspecified atom stereocenters. The fraction of sp³-hybridized carbons (Fsp3) is 0.893. The van der Waals surface area contributed by atoms with E-state index >= 15 is 0 Å². The summed E-state index contributed by atoms with van der Waals surface area (Å²) in [6.07, 6.45) is 14.4. The van der Waals surface area contributed by atoms with E-state index in [1.807, 2.05) is 0 Å². The van der Waals surface area contributed by atoms with E-state index in [0.29, 0.717) is 17.8 Å². The van der Waals surface area contributed by atoms with Crippen molar-refractivity contribution in [2.24, 2.45) is 62.8 Å². The van der Waals surface area contributed by atoms with Gasteiger partial charge in [-0.15, -0.1) is 0 Å². The average molecular weight is 444 g/mol. The van der Waals surface area contributed by atoms with Gasteiger partial charge < -0.3 is 16.6 Å². The molecule has 3 fully saturated rings. The van der Waals surface area contributed by atoms with Crippen LogP contribution >= 0.6 is 0 Å². The third-order valence-corrected chi connectivity index (χ3v) is 10.7. The number of nitrogens with two attached hydrogens (primary N) is 2. The number of nitrogens with zero attached hydrogens (tertiary/aromatic N) is 1. The molecule has 0 aromatic heterocycles. The summed E-state index contributed by atoms with van der Waals surface area (Å²) >= 11 is 0. The van der Waals surface area contributed by atoms with Gasteiger partial charge in [-0.25, -0.2) is 4.99 Å². The highest BCUT2D eigenvalue weighted by Gasteiger charge is 2.61. The Hall–Kier alpha value is -1.03. The highest BCUT2D eigenvalue weighted by Crippen LogP contribution is 2.67. The molecule has 9 atom stereocenters. The van der Waals surface area contributed by atoms with Crippen molar-refractivity contribution in [1.82, 2.24) is 0 Å². The van der Waals surface area contributed by atoms with Gasteiger partial charge in [0, 0.05) is 5.41 Å². The van der Waals surface area contributed by atoms with Crippen LogP contribution in [-0.4, -0.2) is 23.2 Å². The highest BCUT2D eigenvalue weighted by atomic mass is 16.3. The normalized spacial score (nSPS) is 44.3. The van der Waals surface area contributed by atoms with E-state index in [9.17, 15) is 5.11 Å². The predicted octanol–water partition coefficient (Wildman–Crippen LogP) is 5.64. The molecule has 4 aliphatic carbocycles. The van der Waals surface area contributed by atoms with Crippen LogP contribution in [0.15, 0.2) is 16.6 Å². The van der Waals surface area contributed by atoms with Gasteiger partial charge in [-0.05, 0) is 85.9 Å². The Morgan fingerprint density at radius 2 is 1.88 bits per heavy atom. The fourth-order valence-electron chi connectivity index (χ4n) is 9.09. The molecule has 4 aliphatic rings. The lowest BCUT2D eigenvalue weighted by molar-refractivity contribution is -0.0635. The SMILES string of the molecule is CC(C)CCC[C@@H](C)[C@H]1CC[C@H]2[C@@H]3CC=C4C[C@@H](O)CC(N=C(N)N)[C@]4(C)[C@H]3CC[C@]12C. The second-order valence-electron chi connectivity index (χ2n) is 12.8. The minimum atomic E-state index is -0.324. The molecule has 0 bridgehead atoms. The van der Waals surface area contributed by atoms with Gasteiger partial charge in [-0.3, -0.25) is 0 Å². The Balaban J connectivity index is 1.56. The first-order valence-electron chi connectivity index (χ1n) is 13.5. The van der Waals surface area contributed by atoms with Crippen LogP contribution in [0.3, 0.4) is 0 Å². The molecule has 0 aromatic carbocycles. The number of aliphatic hydroxyl groups is 1. The largest absolute Gasteiger partial charge is 0.393 e. The van der Waals surface area contributed by atoms with E-state index < -0.39 is 0 Å². The Bertz CT molecular complexity index is 741. The van der Waals surface area contributed by atoms with E-state index in [1.165, 1.54) is 56.9 Å². The van der Waals surface area contributed by atoms with Crippen molar-refractivity contribution in [1.29, 1.82) is 0 Å². The third-order valence-electron chi connectivity index (χ3n) is 10.7. The predicted molar refractivity (Wildman–Crippen MR) is 134 cm³/mol. The zero-order valence-electron chi connectivity index (χ0n) is 21.3. The van der Waals surface area contributed by atoms with Crippen LogP contribution in [0, 0.1) is 46.3 Å². The summed E-state index contributed by atoms with van der Waals surface area (Å²) in [5.41, 5.74) is 13.6. The Labute approximate surface area is 196 Å². The maximum absolute atomic E-state index is 10.5. The number of hydrogen-bond donors (Lipinski definition) is 3. The van der Waals surface area contributed by atoms with Gasteiger partial charge in [-0.2, -0.15) is 0 Å². The Morgan fingerprint density at radius 3 is 2.56 bits per heavy atom. The highest BCUT2D eigenvalue weighted by molar-refractivity contribution is 5.76. The lowest BCUT2D eigenvalue weighted by atomic mass is 9.46. The van der Waals surface area contributed by atoms with Gasteiger partial charge >= 0.3 is 0 Å². The standard InChI is InChI=1S/C28H49N3O/c1-17(2)7-6-8-18(3)22-11-12-23-21-10-9-19-15-20(32)16-25(31-26(29)30)28(19,5)24(21)13-14-27(22,23)4/h9,17-18,20-25,32H,6-8,10-16H2,1-5H3,(H4,29,30,31)/t18-,20-,21+,22-,23+,24+,25?,27-,28+/m1/s1. The summed E-state index contributed by atoms with van der Waals surface area (Å²) in [7, 11) is 0. The molecule has 4 nitrogen and oxygen atoms in total. The van der Waals surface area contributed by atoms with Gasteiger partial charge in [0.2, 0.25) is 0 Å². The van der Waals surface area contributed by atoms with Gasteiger partial charge in [0.1, 0.15) is 0 Å². The molecule has 0 heterocycles. The van der Waals surface area contributed by atoms with Gasteiger partial charge in [0.15, 0.2) is 5.96 Å². The van der Waals surface area contributed by atoms with Crippen LogP contribution in [0.25, 0.3) is 0 Å². The number of allylic oxidation sites excluding steroid dienone is 1. The van der Waals surface area contributed by atoms with E-state index in [1.54, 1.807) is 0 Å². The molecular formula is C28H49N3O. The summed E-state index contributed by atoms with van der Waals surface area (Å²) < 4.78 is 0. The van der Waals surface area contributed by atoms with E-state index in [2.05, 4.69) is 40.7 Å². The monoisotopic (exact) mass is 443 g/mol. The van der Waals surface area contributed by atoms with Gasteiger partial charge in [0.25, 0.3) is 0 Å². The van der Waals surface area contributed by atoms with Crippen LogP contribution in [0.5, 0.6) is 0 Å². The number of aliphatic imine (C=N–C) groups is 1. The summed E-state index contributed by atoms with van der Waals surface area (Å²) in [6, 6.07) is 0.00631. The summed E-state index contributed by atoms with van der Waals surface area (Å²) in [5.74, 6) is 4.90. The molecule has 0 radical (unpaired) electrons. The smallest absolute Gasteiger partial charge is 0.186 e. The summed E-state index contributed by atoms with van der Waals surface area (Å²) in [4.78, 5) is 4.70. The first-order valence-corrected chi connectivity index (χ1v) is 13.5. The van der Waals surface area contributed by atoms with Crippen molar-refractivity contribution in [2.75, 3.05) is 0 Å². The number of hydrogen-bond acceptors (Lipinski definition) is 2. The van der Waals surface area contributed by atoms with Crippen LogP contribution in [0.1, 0.15) is 98.8 Å². The van der Waals surface area contributed by atoms with Crippen molar-refractivity contribution >= 4 is 5.96 Å². The van der Waals surface area contributed by atoms with Crippen molar-refractivity contribution in [3.8, 4) is 0 Å². The molecule has 0 aromatic rings. The molecule has 5 N–H and O–H groups in total. The van der Waals surface area contributed by atoms with E-state index in [-0.39, 0.29) is 23.5 Å². The molecule has 3 saturated carbocycles. The quantitative estimate of drug-likeness (QED) is 0.282. The molecule has 0 aliphatic heterocycles. The molecule has 4 heteroatoms. The first-order chi connectivity index (χ1) is 15.1. The van der Waals surface area contributed by atoms with Crippen molar-refractivity contribution < 1.29 is 5.11 Å². The van der Waals surface area contributed by atoms with Crippen LogP contribution in [0.4, 0.5) is 0 Å². The second-order valence-corrected chi connectivity index (χ2v) is 12.8. The van der Waals surface area contributed by atoms with Crippen molar-refractivity contribution in [3.63, 3.8) is 0 Å². The average Bonchev–Trinajstić information content (AvgIpc) is 3.05. The van der Waals surface area contributed by atoms with Crippen LogP contribution in [-0.2, 0) is 0 Å². The Morgan fingerprint density at radius 1 is 1.12 bits per heavy atom. The summed E-state index contributed by atoms with van der Waals surface area (Å²) in [6.45, 7) is 12.3. The lowest BCUT2D eigenvalue weighted by Crippen LogP contribution is -2.55. The minimum absolute atomic E-state index is 0.00552. The van der Waals surface area contributed by atoms with Crippen molar-refractivity contribution in [2.45, 2.75) is 111 Å². The third kappa shape index (κ3) is 4.03. The molecule has 32 heavy (non-hydrogen) atoms. The molecule has 0 amide bonds. The van der Waals surface area contributed by atoms with Crippen molar-refractivity contribution in [3.05, 3.63) is 11.6 Å². The first kappa shape index (κ1) is 24.1. The molecule has 4 rings (SSSR count). The van der Waals surface area contributed by atoms with Crippen LogP contribution < -0.4 is 11.5 Å². The van der Waals surface area contributed by atoms with Gasteiger partial charge in [0.05, 0.1) is 12.1 Å². The maximum atomic E-state index is 10.5. The number of aliphatic hydroxyl groups excluding tert-OH is 1. The number of guanidine groups is 1. The zero-order chi connectivity index (χ0) is 23.3. The van der Waals surface area contributed by atoms with Crippen LogP contribution in [0.2, 0.25) is 0 Å². The maximum Gasteiger partial charge on any atom is 0.186 e. The minimum Gasteiger partial charge on any atom is -0.393 e. The second kappa shape index (κ2) is 8.96.